The van der Waals surface area contributed by atoms with Crippen molar-refractivity contribution in [3.05, 3.63) is 59.5 Å². The van der Waals surface area contributed by atoms with Gasteiger partial charge in [0.05, 0.1) is 12.2 Å². The molecule has 2 unspecified atom stereocenters. The Balaban J connectivity index is 1.84. The monoisotopic (exact) mass is 354 g/mol. The van der Waals surface area contributed by atoms with Gasteiger partial charge >= 0.3 is 0 Å². The fourth-order valence-electron chi connectivity index (χ4n) is 3.55. The van der Waals surface area contributed by atoms with Gasteiger partial charge in [-0.1, -0.05) is 38.1 Å². The van der Waals surface area contributed by atoms with Crippen LogP contribution in [-0.2, 0) is 4.79 Å². The molecule has 1 aliphatic heterocycles. The Kier molecular flexibility index (Phi) is 5.45. The molecular weight excluding hydrogens is 328 g/mol. The number of benzene rings is 1. The lowest BCUT2D eigenvalue weighted by molar-refractivity contribution is -0.125. The van der Waals surface area contributed by atoms with E-state index in [0.717, 1.165) is 11.1 Å². The van der Waals surface area contributed by atoms with Crippen molar-refractivity contribution in [2.24, 2.45) is 11.8 Å². The number of carbonyl (C=O) groups excluding carboxylic acids is 2. The Morgan fingerprint density at radius 1 is 1.19 bits per heavy atom. The van der Waals surface area contributed by atoms with Gasteiger partial charge in [0.15, 0.2) is 5.76 Å². The molecule has 26 heavy (non-hydrogen) atoms. The van der Waals surface area contributed by atoms with E-state index >= 15 is 0 Å². The standard InChI is InChI=1S/C21H26N2O3/c1-14(2)11-22-20(24)18-13-23(21(25)19-9-6-10-26-19)12-17(18)16-8-5-4-7-15(16)3/h4-10,14,17-18H,11-13H2,1-3H3,(H,22,24). The first-order chi connectivity index (χ1) is 12.5. The Hall–Kier alpha value is -2.56. The summed E-state index contributed by atoms with van der Waals surface area (Å²) in [5, 5.41) is 3.04. The molecule has 5 heteroatoms. The lowest BCUT2D eigenvalue weighted by Gasteiger charge is -2.20. The molecule has 2 aromatic rings. The number of likely N-dealkylation sites (tertiary alicyclic amines) is 1. The van der Waals surface area contributed by atoms with Crippen LogP contribution in [0, 0.1) is 18.8 Å². The third-order valence-corrected chi connectivity index (χ3v) is 4.95. The molecule has 1 aromatic heterocycles. The van der Waals surface area contributed by atoms with Gasteiger partial charge in [0.2, 0.25) is 5.91 Å². The van der Waals surface area contributed by atoms with Crippen LogP contribution >= 0.6 is 0 Å². The zero-order chi connectivity index (χ0) is 18.7. The molecule has 2 atom stereocenters. The average molecular weight is 354 g/mol. The largest absolute Gasteiger partial charge is 0.459 e. The zero-order valence-corrected chi connectivity index (χ0v) is 15.6. The van der Waals surface area contributed by atoms with Crippen molar-refractivity contribution in [2.45, 2.75) is 26.7 Å². The fraction of sp³-hybridized carbons (Fsp3) is 0.429. The van der Waals surface area contributed by atoms with Crippen molar-refractivity contribution in [2.75, 3.05) is 19.6 Å². The van der Waals surface area contributed by atoms with E-state index in [9.17, 15) is 9.59 Å². The SMILES string of the molecule is Cc1ccccc1C1CN(C(=O)c2ccco2)CC1C(=O)NCC(C)C. The molecule has 2 amide bonds. The molecule has 3 rings (SSSR count). The fourth-order valence-corrected chi connectivity index (χ4v) is 3.55. The van der Waals surface area contributed by atoms with Gasteiger partial charge in [-0.25, -0.2) is 0 Å². The predicted octanol–water partition coefficient (Wildman–Crippen LogP) is 3.22. The highest BCUT2D eigenvalue weighted by atomic mass is 16.3. The van der Waals surface area contributed by atoms with Crippen LogP contribution in [0.3, 0.4) is 0 Å². The number of nitrogens with zero attached hydrogens (tertiary/aromatic N) is 1. The molecule has 5 nitrogen and oxygen atoms in total. The van der Waals surface area contributed by atoms with Crippen molar-refractivity contribution in [3.8, 4) is 0 Å². The number of amides is 2. The minimum Gasteiger partial charge on any atom is -0.459 e. The molecular formula is C21H26N2O3. The Bertz CT molecular complexity index is 767. The average Bonchev–Trinajstić information content (AvgIpc) is 3.29. The van der Waals surface area contributed by atoms with Crippen LogP contribution in [0.1, 0.15) is 41.4 Å². The highest BCUT2D eigenvalue weighted by molar-refractivity contribution is 5.92. The van der Waals surface area contributed by atoms with E-state index < -0.39 is 0 Å². The van der Waals surface area contributed by atoms with Crippen molar-refractivity contribution in [1.82, 2.24) is 10.2 Å². The van der Waals surface area contributed by atoms with Crippen LogP contribution in [0.5, 0.6) is 0 Å². The van der Waals surface area contributed by atoms with Gasteiger partial charge in [-0.2, -0.15) is 0 Å². The number of rotatable bonds is 5. The number of hydrogen-bond acceptors (Lipinski definition) is 3. The second kappa shape index (κ2) is 7.77. The van der Waals surface area contributed by atoms with Gasteiger partial charge in [0.1, 0.15) is 0 Å². The molecule has 138 valence electrons. The normalized spacial score (nSPS) is 19.8. The van der Waals surface area contributed by atoms with Crippen molar-refractivity contribution in [3.63, 3.8) is 0 Å². The molecule has 0 aliphatic carbocycles. The van der Waals surface area contributed by atoms with E-state index in [4.69, 9.17) is 4.42 Å². The Morgan fingerprint density at radius 2 is 1.96 bits per heavy atom. The van der Waals surface area contributed by atoms with Crippen LogP contribution < -0.4 is 5.32 Å². The number of hydrogen-bond donors (Lipinski definition) is 1. The van der Waals surface area contributed by atoms with E-state index in [1.807, 2.05) is 12.1 Å². The maximum atomic E-state index is 12.8. The maximum absolute atomic E-state index is 12.8. The smallest absolute Gasteiger partial charge is 0.289 e. The maximum Gasteiger partial charge on any atom is 0.289 e. The molecule has 1 saturated heterocycles. The van der Waals surface area contributed by atoms with Gasteiger partial charge < -0.3 is 14.6 Å². The lowest BCUT2D eigenvalue weighted by atomic mass is 9.86. The van der Waals surface area contributed by atoms with Crippen molar-refractivity contribution in [1.29, 1.82) is 0 Å². The van der Waals surface area contributed by atoms with Gasteiger partial charge in [0, 0.05) is 25.6 Å². The molecule has 0 radical (unpaired) electrons. The van der Waals surface area contributed by atoms with E-state index in [1.165, 1.54) is 6.26 Å². The summed E-state index contributed by atoms with van der Waals surface area (Å²) < 4.78 is 5.26. The molecule has 0 saturated carbocycles. The van der Waals surface area contributed by atoms with E-state index in [0.29, 0.717) is 31.3 Å². The quantitative estimate of drug-likeness (QED) is 0.897. The van der Waals surface area contributed by atoms with Gasteiger partial charge in [0.25, 0.3) is 5.91 Å². The number of furan rings is 1. The first-order valence-electron chi connectivity index (χ1n) is 9.13. The number of carbonyl (C=O) groups is 2. The predicted molar refractivity (Wildman–Crippen MR) is 99.9 cm³/mol. The number of nitrogens with one attached hydrogen (secondary N) is 1. The topological polar surface area (TPSA) is 62.6 Å². The minimum absolute atomic E-state index is 0.0118. The van der Waals surface area contributed by atoms with E-state index in [1.54, 1.807) is 17.0 Å². The first kappa shape index (κ1) is 18.2. The Morgan fingerprint density at radius 3 is 2.62 bits per heavy atom. The minimum atomic E-state index is -0.256. The highest BCUT2D eigenvalue weighted by Gasteiger charge is 2.41. The second-order valence-electron chi connectivity index (χ2n) is 7.40. The third-order valence-electron chi connectivity index (χ3n) is 4.95. The highest BCUT2D eigenvalue weighted by Crippen LogP contribution is 2.35. The summed E-state index contributed by atoms with van der Waals surface area (Å²) >= 11 is 0. The second-order valence-corrected chi connectivity index (χ2v) is 7.40. The molecule has 1 aliphatic rings. The molecule has 2 heterocycles. The van der Waals surface area contributed by atoms with Crippen LogP contribution in [0.15, 0.2) is 47.1 Å². The third kappa shape index (κ3) is 3.82. The summed E-state index contributed by atoms with van der Waals surface area (Å²) in [6, 6.07) is 11.5. The van der Waals surface area contributed by atoms with E-state index in [-0.39, 0.29) is 23.7 Å². The van der Waals surface area contributed by atoms with Crippen LogP contribution in [0.4, 0.5) is 0 Å². The first-order valence-corrected chi connectivity index (χ1v) is 9.13. The number of aryl methyl sites for hydroxylation is 1. The molecule has 1 fully saturated rings. The van der Waals surface area contributed by atoms with Gasteiger partial charge in [-0.15, -0.1) is 0 Å². The van der Waals surface area contributed by atoms with Crippen LogP contribution in [0.2, 0.25) is 0 Å². The van der Waals surface area contributed by atoms with Gasteiger partial charge in [-0.05, 0) is 36.1 Å². The molecule has 1 N–H and O–H groups in total. The summed E-state index contributed by atoms with van der Waals surface area (Å²) in [5.41, 5.74) is 2.28. The molecule has 0 bridgehead atoms. The Labute approximate surface area is 154 Å². The lowest BCUT2D eigenvalue weighted by Crippen LogP contribution is -2.37. The summed E-state index contributed by atoms with van der Waals surface area (Å²) in [6.45, 7) is 7.75. The molecule has 0 spiro atoms. The summed E-state index contributed by atoms with van der Waals surface area (Å²) in [4.78, 5) is 27.3. The zero-order valence-electron chi connectivity index (χ0n) is 15.6. The summed E-state index contributed by atoms with van der Waals surface area (Å²) in [6.07, 6.45) is 1.49. The molecule has 1 aromatic carbocycles. The van der Waals surface area contributed by atoms with Crippen LogP contribution in [-0.4, -0.2) is 36.3 Å². The van der Waals surface area contributed by atoms with Crippen molar-refractivity contribution >= 4 is 11.8 Å². The van der Waals surface area contributed by atoms with Crippen molar-refractivity contribution < 1.29 is 14.0 Å². The van der Waals surface area contributed by atoms with Gasteiger partial charge in [-0.3, -0.25) is 9.59 Å². The summed E-state index contributed by atoms with van der Waals surface area (Å²) in [7, 11) is 0. The summed E-state index contributed by atoms with van der Waals surface area (Å²) in [5.74, 6) is 0.292. The van der Waals surface area contributed by atoms with Crippen LogP contribution in [0.25, 0.3) is 0 Å². The van der Waals surface area contributed by atoms with E-state index in [2.05, 4.69) is 38.2 Å².